The molecule has 6 nitrogen and oxygen atoms in total. The van der Waals surface area contributed by atoms with Crippen LogP contribution in [-0.4, -0.2) is 64.3 Å². The van der Waals surface area contributed by atoms with Crippen molar-refractivity contribution in [1.82, 2.24) is 19.6 Å². The van der Waals surface area contributed by atoms with Crippen LogP contribution in [0.15, 0.2) is 36.5 Å². The Bertz CT molecular complexity index is 871. The zero-order valence-electron chi connectivity index (χ0n) is 16.6. The van der Waals surface area contributed by atoms with Crippen molar-refractivity contribution in [1.29, 1.82) is 0 Å². The SMILES string of the molecule is COc1ccccc1[C@H]1CN(C(=O)Cn2nccc2C)[C@H]2C3CCN(CC3)[C@@H]12. The molecule has 0 saturated carbocycles. The topological polar surface area (TPSA) is 50.6 Å². The van der Waals surface area contributed by atoms with Gasteiger partial charge < -0.3 is 9.64 Å². The van der Waals surface area contributed by atoms with Gasteiger partial charge in [0.15, 0.2) is 0 Å². The molecule has 6 rings (SSSR count). The van der Waals surface area contributed by atoms with E-state index >= 15 is 0 Å². The number of aryl methyl sites for hydroxylation is 1. The van der Waals surface area contributed by atoms with Crippen molar-refractivity contribution in [3.8, 4) is 5.75 Å². The Morgan fingerprint density at radius 1 is 1.18 bits per heavy atom. The van der Waals surface area contributed by atoms with Gasteiger partial charge in [-0.3, -0.25) is 14.4 Å². The van der Waals surface area contributed by atoms with E-state index in [0.717, 1.165) is 31.1 Å². The van der Waals surface area contributed by atoms with E-state index in [0.29, 0.717) is 30.5 Å². The number of piperidine rings is 3. The van der Waals surface area contributed by atoms with Crippen LogP contribution in [0.25, 0.3) is 0 Å². The number of aromatic nitrogens is 2. The van der Waals surface area contributed by atoms with Crippen molar-refractivity contribution in [3.63, 3.8) is 0 Å². The molecule has 4 saturated heterocycles. The number of hydrogen-bond donors (Lipinski definition) is 0. The van der Waals surface area contributed by atoms with E-state index in [2.05, 4.69) is 27.0 Å². The molecule has 0 spiro atoms. The van der Waals surface area contributed by atoms with E-state index in [1.807, 2.05) is 29.8 Å². The first-order valence-electron chi connectivity index (χ1n) is 10.3. The summed E-state index contributed by atoms with van der Waals surface area (Å²) in [5, 5.41) is 4.32. The van der Waals surface area contributed by atoms with Gasteiger partial charge in [-0.05, 0) is 50.9 Å². The van der Waals surface area contributed by atoms with Crippen LogP contribution in [-0.2, 0) is 11.3 Å². The highest BCUT2D eigenvalue weighted by molar-refractivity contribution is 5.77. The first kappa shape index (κ1) is 17.7. The highest BCUT2D eigenvalue weighted by Crippen LogP contribution is 2.48. The number of likely N-dealkylation sites (tertiary alicyclic amines) is 1. The molecule has 1 aromatic carbocycles. The molecule has 6 heteroatoms. The Labute approximate surface area is 166 Å². The maximum Gasteiger partial charge on any atom is 0.244 e. The second-order valence-corrected chi connectivity index (χ2v) is 8.38. The van der Waals surface area contributed by atoms with Crippen molar-refractivity contribution < 1.29 is 9.53 Å². The second kappa shape index (κ2) is 6.92. The van der Waals surface area contributed by atoms with Gasteiger partial charge in [0, 0.05) is 36.0 Å². The molecule has 0 N–H and O–H groups in total. The molecule has 0 radical (unpaired) electrons. The Balaban J connectivity index is 1.49. The van der Waals surface area contributed by atoms with Gasteiger partial charge in [0.1, 0.15) is 12.3 Å². The van der Waals surface area contributed by atoms with Crippen molar-refractivity contribution in [2.45, 2.75) is 44.3 Å². The van der Waals surface area contributed by atoms with Crippen molar-refractivity contribution in [2.24, 2.45) is 5.92 Å². The standard InChI is InChI=1S/C22H28N4O2/c1-15-7-10-23-26(15)14-20(27)25-13-18(17-5-3-4-6-19(17)28-2)22-21(25)16-8-11-24(22)12-9-16/h3-7,10,16,18,21-22H,8-9,11-14H2,1-2H3/t18-,21+,22+/m1/s1. The lowest BCUT2D eigenvalue weighted by molar-refractivity contribution is -0.136. The van der Waals surface area contributed by atoms with Gasteiger partial charge in [-0.25, -0.2) is 0 Å². The number of rotatable bonds is 4. The summed E-state index contributed by atoms with van der Waals surface area (Å²) in [5.74, 6) is 2.03. The third kappa shape index (κ3) is 2.73. The predicted molar refractivity (Wildman–Crippen MR) is 106 cm³/mol. The third-order valence-corrected chi connectivity index (χ3v) is 7.07. The van der Waals surface area contributed by atoms with E-state index < -0.39 is 0 Å². The van der Waals surface area contributed by atoms with E-state index in [9.17, 15) is 4.79 Å². The number of fused-ring (bicyclic) bond motifs is 2. The fraction of sp³-hybridized carbons (Fsp3) is 0.545. The highest BCUT2D eigenvalue weighted by Gasteiger charge is 2.55. The molecule has 0 aliphatic carbocycles. The molecule has 3 atom stereocenters. The summed E-state index contributed by atoms with van der Waals surface area (Å²) in [6.45, 7) is 5.39. The zero-order chi connectivity index (χ0) is 19.3. The first-order valence-corrected chi connectivity index (χ1v) is 10.3. The first-order chi connectivity index (χ1) is 13.7. The van der Waals surface area contributed by atoms with Crippen LogP contribution >= 0.6 is 0 Å². The minimum absolute atomic E-state index is 0.188. The van der Waals surface area contributed by atoms with Crippen LogP contribution in [0.5, 0.6) is 5.75 Å². The van der Waals surface area contributed by atoms with Crippen LogP contribution in [0.3, 0.4) is 0 Å². The van der Waals surface area contributed by atoms with E-state index in [1.54, 1.807) is 13.3 Å². The second-order valence-electron chi connectivity index (χ2n) is 8.38. The van der Waals surface area contributed by atoms with E-state index in [4.69, 9.17) is 4.74 Å². The summed E-state index contributed by atoms with van der Waals surface area (Å²) < 4.78 is 7.49. The minimum atomic E-state index is 0.188. The molecule has 1 amide bonds. The summed E-state index contributed by atoms with van der Waals surface area (Å²) in [7, 11) is 1.74. The Kier molecular flexibility index (Phi) is 4.38. The molecule has 28 heavy (non-hydrogen) atoms. The van der Waals surface area contributed by atoms with Crippen LogP contribution in [0.1, 0.15) is 30.0 Å². The fourth-order valence-electron chi connectivity index (χ4n) is 5.73. The van der Waals surface area contributed by atoms with Crippen LogP contribution < -0.4 is 4.74 Å². The lowest BCUT2D eigenvalue weighted by Gasteiger charge is -2.51. The molecule has 1 aromatic heterocycles. The molecule has 4 fully saturated rings. The average molecular weight is 380 g/mol. The Morgan fingerprint density at radius 3 is 2.68 bits per heavy atom. The van der Waals surface area contributed by atoms with Crippen molar-refractivity contribution in [2.75, 3.05) is 26.7 Å². The molecule has 2 bridgehead atoms. The van der Waals surface area contributed by atoms with Gasteiger partial charge in [-0.15, -0.1) is 0 Å². The van der Waals surface area contributed by atoms with Gasteiger partial charge in [-0.1, -0.05) is 18.2 Å². The number of carbonyl (C=O) groups excluding carboxylic acids is 1. The average Bonchev–Trinajstić information content (AvgIpc) is 3.34. The summed E-state index contributed by atoms with van der Waals surface area (Å²) >= 11 is 0. The number of para-hydroxylation sites is 1. The number of methoxy groups -OCH3 is 1. The Morgan fingerprint density at radius 2 is 1.96 bits per heavy atom. The number of ether oxygens (including phenoxy) is 1. The van der Waals surface area contributed by atoms with Crippen LogP contribution in [0.4, 0.5) is 0 Å². The van der Waals surface area contributed by atoms with Crippen LogP contribution in [0.2, 0.25) is 0 Å². The molecule has 0 unspecified atom stereocenters. The fourth-order valence-corrected chi connectivity index (χ4v) is 5.73. The summed E-state index contributed by atoms with van der Waals surface area (Å²) in [6.07, 6.45) is 4.16. The lowest BCUT2D eigenvalue weighted by Crippen LogP contribution is -2.61. The highest BCUT2D eigenvalue weighted by atomic mass is 16.5. The van der Waals surface area contributed by atoms with Gasteiger partial charge in [0.25, 0.3) is 0 Å². The van der Waals surface area contributed by atoms with Gasteiger partial charge >= 0.3 is 0 Å². The largest absolute Gasteiger partial charge is 0.496 e. The molecule has 5 heterocycles. The maximum atomic E-state index is 13.3. The summed E-state index contributed by atoms with van der Waals surface area (Å²) in [4.78, 5) is 18.1. The number of nitrogens with zero attached hydrogens (tertiary/aromatic N) is 4. The molecule has 2 aromatic rings. The molecule has 4 aliphatic rings. The zero-order valence-corrected chi connectivity index (χ0v) is 16.6. The third-order valence-electron chi connectivity index (χ3n) is 7.07. The summed E-state index contributed by atoms with van der Waals surface area (Å²) in [5.41, 5.74) is 2.26. The van der Waals surface area contributed by atoms with Crippen molar-refractivity contribution >= 4 is 5.91 Å². The monoisotopic (exact) mass is 380 g/mol. The smallest absolute Gasteiger partial charge is 0.244 e. The molecule has 4 aliphatic heterocycles. The van der Waals surface area contributed by atoms with Crippen LogP contribution in [0, 0.1) is 12.8 Å². The molecular formula is C22H28N4O2. The number of amides is 1. The summed E-state index contributed by atoms with van der Waals surface area (Å²) in [6, 6.07) is 11.0. The van der Waals surface area contributed by atoms with Gasteiger partial charge in [-0.2, -0.15) is 5.10 Å². The Hall–Kier alpha value is -2.34. The van der Waals surface area contributed by atoms with E-state index in [-0.39, 0.29) is 5.91 Å². The number of carbonyl (C=O) groups is 1. The van der Waals surface area contributed by atoms with Crippen molar-refractivity contribution in [3.05, 3.63) is 47.8 Å². The maximum absolute atomic E-state index is 13.3. The molecular weight excluding hydrogens is 352 g/mol. The number of benzene rings is 1. The van der Waals surface area contributed by atoms with E-state index in [1.165, 1.54) is 18.4 Å². The minimum Gasteiger partial charge on any atom is -0.496 e. The molecule has 148 valence electrons. The normalized spacial score (nSPS) is 31.1. The van der Waals surface area contributed by atoms with Gasteiger partial charge in [0.05, 0.1) is 13.2 Å². The lowest BCUT2D eigenvalue weighted by atomic mass is 9.75. The number of hydrogen-bond acceptors (Lipinski definition) is 4. The quantitative estimate of drug-likeness (QED) is 0.817. The van der Waals surface area contributed by atoms with Gasteiger partial charge in [0.2, 0.25) is 5.91 Å². The predicted octanol–water partition coefficient (Wildman–Crippen LogP) is 2.29.